The molecule has 3 aromatic carbocycles. The number of hydrogen-bond acceptors (Lipinski definition) is 3. The SMILES string of the molecule is O=C(O)c1ccc(/C=N\NC(=O)C2CC2(c2ccccc2)c2ccccc2)cc1. The van der Waals surface area contributed by atoms with Crippen LogP contribution in [-0.2, 0) is 10.2 Å². The van der Waals surface area contributed by atoms with Crippen LogP contribution in [0.25, 0.3) is 0 Å². The molecule has 3 aromatic rings. The summed E-state index contributed by atoms with van der Waals surface area (Å²) >= 11 is 0. The fraction of sp³-hybridized carbons (Fsp3) is 0.125. The molecule has 1 amide bonds. The minimum atomic E-state index is -0.978. The van der Waals surface area contributed by atoms with E-state index >= 15 is 0 Å². The quantitative estimate of drug-likeness (QED) is 0.501. The van der Waals surface area contributed by atoms with Gasteiger partial charge in [-0.2, -0.15) is 5.10 Å². The van der Waals surface area contributed by atoms with Crippen molar-refractivity contribution in [2.45, 2.75) is 11.8 Å². The van der Waals surface area contributed by atoms with Gasteiger partial charge in [-0.25, -0.2) is 10.2 Å². The molecule has 5 heteroatoms. The van der Waals surface area contributed by atoms with Gasteiger partial charge in [0.2, 0.25) is 5.91 Å². The average Bonchev–Trinajstić information content (AvgIpc) is 3.52. The highest BCUT2D eigenvalue weighted by Crippen LogP contribution is 2.58. The summed E-state index contributed by atoms with van der Waals surface area (Å²) in [7, 11) is 0. The number of carbonyl (C=O) groups is 2. The molecule has 0 heterocycles. The summed E-state index contributed by atoms with van der Waals surface area (Å²) in [6.07, 6.45) is 2.24. The molecule has 0 aliphatic heterocycles. The summed E-state index contributed by atoms with van der Waals surface area (Å²) in [5.41, 5.74) is 5.48. The Morgan fingerprint density at radius 3 is 1.97 bits per heavy atom. The first-order valence-electron chi connectivity index (χ1n) is 9.38. The summed E-state index contributed by atoms with van der Waals surface area (Å²) in [5.74, 6) is -1.30. The van der Waals surface area contributed by atoms with Gasteiger partial charge in [-0.3, -0.25) is 4.79 Å². The fourth-order valence-electron chi connectivity index (χ4n) is 3.82. The molecular formula is C24H20N2O3. The van der Waals surface area contributed by atoms with Crippen LogP contribution in [0.3, 0.4) is 0 Å². The van der Waals surface area contributed by atoms with Gasteiger partial charge in [0.25, 0.3) is 0 Å². The molecule has 0 radical (unpaired) electrons. The second kappa shape index (κ2) is 7.72. The predicted octanol–water partition coefficient (Wildman–Crippen LogP) is 3.84. The Balaban J connectivity index is 1.49. The van der Waals surface area contributed by atoms with Crippen molar-refractivity contribution >= 4 is 18.1 Å². The predicted molar refractivity (Wildman–Crippen MR) is 111 cm³/mol. The van der Waals surface area contributed by atoms with Crippen molar-refractivity contribution in [3.8, 4) is 0 Å². The third-order valence-corrected chi connectivity index (χ3v) is 5.40. The van der Waals surface area contributed by atoms with Gasteiger partial charge in [-0.1, -0.05) is 72.8 Å². The molecule has 0 saturated heterocycles. The van der Waals surface area contributed by atoms with Crippen LogP contribution in [0.1, 0.15) is 33.5 Å². The van der Waals surface area contributed by atoms with Gasteiger partial charge in [0.15, 0.2) is 0 Å². The lowest BCUT2D eigenvalue weighted by Gasteiger charge is -2.18. The summed E-state index contributed by atoms with van der Waals surface area (Å²) < 4.78 is 0. The van der Waals surface area contributed by atoms with Gasteiger partial charge in [0.1, 0.15) is 0 Å². The van der Waals surface area contributed by atoms with Crippen LogP contribution in [0.5, 0.6) is 0 Å². The van der Waals surface area contributed by atoms with Gasteiger partial charge in [0, 0.05) is 5.41 Å². The minimum Gasteiger partial charge on any atom is -0.478 e. The van der Waals surface area contributed by atoms with Crippen LogP contribution in [0, 0.1) is 5.92 Å². The molecule has 1 atom stereocenters. The van der Waals surface area contributed by atoms with Gasteiger partial charge in [-0.05, 0) is 35.2 Å². The van der Waals surface area contributed by atoms with E-state index in [1.807, 2.05) is 36.4 Å². The zero-order valence-corrected chi connectivity index (χ0v) is 15.7. The molecule has 0 bridgehead atoms. The first-order valence-corrected chi connectivity index (χ1v) is 9.38. The van der Waals surface area contributed by atoms with Crippen molar-refractivity contribution in [2.75, 3.05) is 0 Å². The monoisotopic (exact) mass is 384 g/mol. The van der Waals surface area contributed by atoms with E-state index in [0.29, 0.717) is 5.56 Å². The first-order chi connectivity index (χ1) is 14.1. The van der Waals surface area contributed by atoms with Crippen LogP contribution < -0.4 is 5.43 Å². The Kier molecular flexibility index (Phi) is 4.96. The minimum absolute atomic E-state index is 0.129. The average molecular weight is 384 g/mol. The zero-order valence-electron chi connectivity index (χ0n) is 15.7. The molecule has 144 valence electrons. The van der Waals surface area contributed by atoms with Crippen molar-refractivity contribution in [3.05, 3.63) is 107 Å². The Labute approximate surface area is 168 Å². The molecule has 1 saturated carbocycles. The van der Waals surface area contributed by atoms with E-state index in [1.165, 1.54) is 18.3 Å². The Morgan fingerprint density at radius 2 is 1.45 bits per heavy atom. The number of nitrogens with zero attached hydrogens (tertiary/aromatic N) is 1. The van der Waals surface area contributed by atoms with E-state index in [2.05, 4.69) is 34.8 Å². The third-order valence-electron chi connectivity index (χ3n) is 5.40. The van der Waals surface area contributed by atoms with Gasteiger partial charge in [0.05, 0.1) is 17.7 Å². The highest BCUT2D eigenvalue weighted by Gasteiger charge is 2.60. The van der Waals surface area contributed by atoms with Crippen LogP contribution in [0.15, 0.2) is 90.0 Å². The van der Waals surface area contributed by atoms with Crippen molar-refractivity contribution in [2.24, 2.45) is 11.0 Å². The maximum Gasteiger partial charge on any atom is 0.335 e. The summed E-state index contributed by atoms with van der Waals surface area (Å²) in [6.45, 7) is 0. The highest BCUT2D eigenvalue weighted by molar-refractivity contribution is 5.90. The highest BCUT2D eigenvalue weighted by atomic mass is 16.4. The van der Waals surface area contributed by atoms with Crippen molar-refractivity contribution in [1.29, 1.82) is 0 Å². The molecule has 1 aliphatic rings. The molecule has 2 N–H and O–H groups in total. The fourth-order valence-corrected chi connectivity index (χ4v) is 3.82. The molecule has 0 spiro atoms. The first kappa shape index (κ1) is 18.6. The lowest BCUT2D eigenvalue weighted by atomic mass is 9.85. The number of carboxylic acid groups (broad SMARTS) is 1. The van der Waals surface area contributed by atoms with E-state index in [1.54, 1.807) is 12.1 Å². The number of nitrogens with one attached hydrogen (secondary N) is 1. The zero-order chi connectivity index (χ0) is 20.3. The van der Waals surface area contributed by atoms with Crippen LogP contribution in [0.2, 0.25) is 0 Å². The maximum absolute atomic E-state index is 12.8. The maximum atomic E-state index is 12.8. The largest absolute Gasteiger partial charge is 0.478 e. The van der Waals surface area contributed by atoms with Gasteiger partial charge < -0.3 is 5.11 Å². The van der Waals surface area contributed by atoms with E-state index in [0.717, 1.165) is 17.5 Å². The topological polar surface area (TPSA) is 78.8 Å². The second-order valence-corrected chi connectivity index (χ2v) is 7.12. The number of carbonyl (C=O) groups excluding carboxylic acids is 1. The van der Waals surface area contributed by atoms with E-state index < -0.39 is 5.97 Å². The number of hydrogen-bond donors (Lipinski definition) is 2. The van der Waals surface area contributed by atoms with Gasteiger partial charge in [-0.15, -0.1) is 0 Å². The molecule has 1 fully saturated rings. The molecule has 1 aliphatic carbocycles. The van der Waals surface area contributed by atoms with Crippen LogP contribution >= 0.6 is 0 Å². The van der Waals surface area contributed by atoms with Crippen LogP contribution in [-0.4, -0.2) is 23.2 Å². The summed E-state index contributed by atoms with van der Waals surface area (Å²) in [5, 5.41) is 13.0. The van der Waals surface area contributed by atoms with Crippen molar-refractivity contribution < 1.29 is 14.7 Å². The lowest BCUT2D eigenvalue weighted by molar-refractivity contribution is -0.122. The van der Waals surface area contributed by atoms with Crippen LogP contribution in [0.4, 0.5) is 0 Å². The Bertz CT molecular complexity index is 1010. The van der Waals surface area contributed by atoms with Crippen molar-refractivity contribution in [3.63, 3.8) is 0 Å². The Morgan fingerprint density at radius 1 is 0.897 bits per heavy atom. The number of rotatable bonds is 6. The van der Waals surface area contributed by atoms with E-state index in [4.69, 9.17) is 5.11 Å². The number of aromatic carboxylic acids is 1. The molecule has 1 unspecified atom stereocenters. The molecule has 0 aromatic heterocycles. The Hall–Kier alpha value is -3.73. The number of carboxylic acids is 1. The van der Waals surface area contributed by atoms with E-state index in [9.17, 15) is 9.59 Å². The standard InChI is InChI=1S/C24H20N2O3/c27-22(26-25-16-17-11-13-18(14-12-17)23(28)29)21-15-24(21,19-7-3-1-4-8-19)20-9-5-2-6-10-20/h1-14,16,21H,15H2,(H,26,27)(H,28,29)/b25-16-. The molecule has 4 rings (SSSR count). The summed E-state index contributed by atoms with van der Waals surface area (Å²) in [6, 6.07) is 26.5. The molecule has 29 heavy (non-hydrogen) atoms. The van der Waals surface area contributed by atoms with E-state index in [-0.39, 0.29) is 22.8 Å². The normalized spacial score (nSPS) is 17.0. The van der Waals surface area contributed by atoms with Gasteiger partial charge >= 0.3 is 5.97 Å². The van der Waals surface area contributed by atoms with Crippen molar-refractivity contribution in [1.82, 2.24) is 5.43 Å². The number of benzene rings is 3. The molecule has 5 nitrogen and oxygen atoms in total. The lowest BCUT2D eigenvalue weighted by Crippen LogP contribution is -2.25. The number of hydrazone groups is 1. The summed E-state index contributed by atoms with van der Waals surface area (Å²) in [4.78, 5) is 23.7. The third kappa shape index (κ3) is 3.67. The number of amides is 1. The smallest absolute Gasteiger partial charge is 0.335 e. The second-order valence-electron chi connectivity index (χ2n) is 7.12. The molecular weight excluding hydrogens is 364 g/mol.